The number of hydrogen-bond acceptors (Lipinski definition) is 5. The van der Waals surface area contributed by atoms with Gasteiger partial charge in [-0.1, -0.05) is 0 Å². The highest BCUT2D eigenvalue weighted by atomic mass is 16.6. The van der Waals surface area contributed by atoms with Crippen LogP contribution in [0.4, 0.5) is 0 Å². The first-order valence-electron chi connectivity index (χ1n) is 4.90. The molecule has 1 rings (SSSR count). The molecule has 1 amide bonds. The molecule has 7 nitrogen and oxygen atoms in total. The maximum Gasteiger partial charge on any atom is 0.385 e. The fraction of sp³-hybridized carbons (Fsp3) is 0.778. The van der Waals surface area contributed by atoms with Crippen LogP contribution < -0.4 is 0 Å². The molecule has 0 N–H and O–H groups in total. The Morgan fingerprint density at radius 3 is 2.50 bits per heavy atom. The third kappa shape index (κ3) is 1.72. The van der Waals surface area contributed by atoms with Crippen LogP contribution in [-0.2, 0) is 14.3 Å². The van der Waals surface area contributed by atoms with Gasteiger partial charge in [-0.15, -0.1) is 0 Å². The SMILES string of the molecule is CCOC(=O)C1([N+](=O)[O-])CC1C(=O)N(C)C. The zero-order chi connectivity index (χ0) is 12.5. The zero-order valence-corrected chi connectivity index (χ0v) is 9.43. The molecule has 0 radical (unpaired) electrons. The van der Waals surface area contributed by atoms with Crippen molar-refractivity contribution in [1.29, 1.82) is 0 Å². The summed E-state index contributed by atoms with van der Waals surface area (Å²) in [7, 11) is 2.99. The molecule has 0 bridgehead atoms. The molecule has 0 aromatic heterocycles. The lowest BCUT2D eigenvalue weighted by molar-refractivity contribution is -0.528. The van der Waals surface area contributed by atoms with Crippen molar-refractivity contribution in [1.82, 2.24) is 4.90 Å². The lowest BCUT2D eigenvalue weighted by Gasteiger charge is -2.11. The minimum Gasteiger partial charge on any atom is -0.461 e. The van der Waals surface area contributed by atoms with Crippen molar-refractivity contribution in [2.45, 2.75) is 18.9 Å². The molecule has 7 heteroatoms. The first-order chi connectivity index (χ1) is 7.37. The Hall–Kier alpha value is -1.66. The predicted octanol–water partition coefficient (Wildman–Crippen LogP) is -0.327. The van der Waals surface area contributed by atoms with Gasteiger partial charge in [0.05, 0.1) is 6.61 Å². The van der Waals surface area contributed by atoms with Gasteiger partial charge < -0.3 is 9.64 Å². The summed E-state index contributed by atoms with van der Waals surface area (Å²) in [5.41, 5.74) is -1.85. The number of nitro groups is 1. The summed E-state index contributed by atoms with van der Waals surface area (Å²) in [6, 6.07) is 0. The van der Waals surface area contributed by atoms with Gasteiger partial charge in [-0.25, -0.2) is 4.79 Å². The molecule has 1 aliphatic rings. The van der Waals surface area contributed by atoms with Gasteiger partial charge in [-0.05, 0) is 6.92 Å². The minimum absolute atomic E-state index is 0.0668. The van der Waals surface area contributed by atoms with Crippen LogP contribution in [0, 0.1) is 16.0 Å². The number of hydrogen-bond donors (Lipinski definition) is 0. The molecule has 90 valence electrons. The van der Waals surface area contributed by atoms with E-state index in [4.69, 9.17) is 0 Å². The van der Waals surface area contributed by atoms with E-state index in [1.807, 2.05) is 0 Å². The second kappa shape index (κ2) is 4.07. The molecule has 0 spiro atoms. The topological polar surface area (TPSA) is 89.7 Å². The van der Waals surface area contributed by atoms with Crippen molar-refractivity contribution in [3.05, 3.63) is 10.1 Å². The molecular formula is C9H14N2O5. The molecule has 16 heavy (non-hydrogen) atoms. The van der Waals surface area contributed by atoms with Gasteiger partial charge in [0.15, 0.2) is 0 Å². The first kappa shape index (κ1) is 12.4. The molecule has 0 aromatic rings. The molecule has 0 heterocycles. The fourth-order valence-corrected chi connectivity index (χ4v) is 1.61. The quantitative estimate of drug-likeness (QED) is 0.375. The van der Waals surface area contributed by atoms with Crippen molar-refractivity contribution in [2.75, 3.05) is 20.7 Å². The number of amides is 1. The summed E-state index contributed by atoms with van der Waals surface area (Å²) in [5, 5.41) is 10.9. The summed E-state index contributed by atoms with van der Waals surface area (Å²) in [6.07, 6.45) is -0.0736. The molecule has 0 aromatic carbocycles. The number of esters is 1. The predicted molar refractivity (Wildman–Crippen MR) is 53.2 cm³/mol. The van der Waals surface area contributed by atoms with Gasteiger partial charge in [0, 0.05) is 25.4 Å². The van der Waals surface area contributed by atoms with Crippen LogP contribution in [0.25, 0.3) is 0 Å². The average molecular weight is 230 g/mol. The van der Waals surface area contributed by atoms with E-state index in [1.54, 1.807) is 6.92 Å². The van der Waals surface area contributed by atoms with Crippen LogP contribution in [0.1, 0.15) is 13.3 Å². The monoisotopic (exact) mass is 230 g/mol. The van der Waals surface area contributed by atoms with Gasteiger partial charge in [0.2, 0.25) is 5.91 Å². The summed E-state index contributed by atoms with van der Waals surface area (Å²) < 4.78 is 4.64. The number of carbonyl (C=O) groups is 2. The molecule has 0 saturated heterocycles. The number of nitrogens with zero attached hydrogens (tertiary/aromatic N) is 2. The minimum atomic E-state index is -1.85. The molecule has 2 unspecified atom stereocenters. The first-order valence-corrected chi connectivity index (χ1v) is 4.90. The Bertz CT molecular complexity index is 341. The van der Waals surface area contributed by atoms with Crippen molar-refractivity contribution in [3.8, 4) is 0 Å². The third-order valence-electron chi connectivity index (χ3n) is 2.63. The Kier molecular flexibility index (Phi) is 3.16. The van der Waals surface area contributed by atoms with Crippen LogP contribution in [0.5, 0.6) is 0 Å². The molecule has 0 aliphatic heterocycles. The maximum absolute atomic E-state index is 11.5. The van der Waals surface area contributed by atoms with Crippen molar-refractivity contribution in [2.24, 2.45) is 5.92 Å². The second-order valence-electron chi connectivity index (χ2n) is 3.89. The molecule has 1 fully saturated rings. The molecular weight excluding hydrogens is 216 g/mol. The van der Waals surface area contributed by atoms with E-state index < -0.39 is 28.3 Å². The van der Waals surface area contributed by atoms with Gasteiger partial charge in [-0.2, -0.15) is 0 Å². The van der Waals surface area contributed by atoms with Crippen LogP contribution in [0.15, 0.2) is 0 Å². The van der Waals surface area contributed by atoms with Gasteiger partial charge in [0.25, 0.3) is 0 Å². The molecule has 1 saturated carbocycles. The Morgan fingerprint density at radius 2 is 2.12 bits per heavy atom. The van der Waals surface area contributed by atoms with Crippen LogP contribution in [0.3, 0.4) is 0 Å². The second-order valence-corrected chi connectivity index (χ2v) is 3.89. The number of rotatable bonds is 4. The highest BCUT2D eigenvalue weighted by molar-refractivity contribution is 5.95. The lowest BCUT2D eigenvalue weighted by atomic mass is 10.2. The zero-order valence-electron chi connectivity index (χ0n) is 9.43. The van der Waals surface area contributed by atoms with Crippen LogP contribution in [0.2, 0.25) is 0 Å². The van der Waals surface area contributed by atoms with E-state index in [0.717, 1.165) is 0 Å². The molecule has 1 aliphatic carbocycles. The van der Waals surface area contributed by atoms with Gasteiger partial charge in [-0.3, -0.25) is 14.9 Å². The van der Waals surface area contributed by atoms with Gasteiger partial charge in [0.1, 0.15) is 5.92 Å². The summed E-state index contributed by atoms with van der Waals surface area (Å²) in [4.78, 5) is 34.4. The third-order valence-corrected chi connectivity index (χ3v) is 2.63. The van der Waals surface area contributed by atoms with E-state index in [0.29, 0.717) is 0 Å². The summed E-state index contributed by atoms with van der Waals surface area (Å²) >= 11 is 0. The largest absolute Gasteiger partial charge is 0.461 e. The van der Waals surface area contributed by atoms with E-state index in [9.17, 15) is 19.7 Å². The Morgan fingerprint density at radius 1 is 1.56 bits per heavy atom. The number of carbonyl (C=O) groups excluding carboxylic acids is 2. The summed E-state index contributed by atoms with van der Waals surface area (Å²) in [5.74, 6) is -2.22. The normalized spacial score (nSPS) is 27.1. The van der Waals surface area contributed by atoms with Gasteiger partial charge >= 0.3 is 11.5 Å². The summed E-state index contributed by atoms with van der Waals surface area (Å²) in [6.45, 7) is 1.63. The average Bonchev–Trinajstić information content (AvgIpc) is 2.92. The van der Waals surface area contributed by atoms with Crippen molar-refractivity contribution < 1.29 is 19.2 Å². The Balaban J connectivity index is 2.86. The molecule has 2 atom stereocenters. The van der Waals surface area contributed by atoms with Crippen molar-refractivity contribution in [3.63, 3.8) is 0 Å². The maximum atomic E-state index is 11.5. The Labute approximate surface area is 92.5 Å². The lowest BCUT2D eigenvalue weighted by Crippen LogP contribution is -2.40. The number of ether oxygens (including phenoxy) is 1. The van der Waals surface area contributed by atoms with Crippen LogP contribution >= 0.6 is 0 Å². The van der Waals surface area contributed by atoms with E-state index in [-0.39, 0.29) is 13.0 Å². The van der Waals surface area contributed by atoms with E-state index >= 15 is 0 Å². The standard InChI is InChI=1S/C9H14N2O5/c1-4-16-8(13)9(11(14)15)5-6(9)7(12)10(2)3/h6H,4-5H2,1-3H3. The van der Waals surface area contributed by atoms with Crippen molar-refractivity contribution >= 4 is 11.9 Å². The highest BCUT2D eigenvalue weighted by Gasteiger charge is 2.76. The fourth-order valence-electron chi connectivity index (χ4n) is 1.61. The smallest absolute Gasteiger partial charge is 0.385 e. The van der Waals surface area contributed by atoms with Crippen LogP contribution in [-0.4, -0.2) is 47.9 Å². The van der Waals surface area contributed by atoms with E-state index in [2.05, 4.69) is 4.74 Å². The van der Waals surface area contributed by atoms with E-state index in [1.165, 1.54) is 19.0 Å². The highest BCUT2D eigenvalue weighted by Crippen LogP contribution is 2.48.